The Balaban J connectivity index is 1.94. The molecule has 19 heavy (non-hydrogen) atoms. The van der Waals surface area contributed by atoms with Crippen LogP contribution in [0.1, 0.15) is 29.0 Å². The van der Waals surface area contributed by atoms with Gasteiger partial charge in [0, 0.05) is 25.3 Å². The average molecular weight is 257 g/mol. The van der Waals surface area contributed by atoms with Gasteiger partial charge < -0.3 is 15.6 Å². The summed E-state index contributed by atoms with van der Waals surface area (Å²) in [6, 6.07) is 13.3. The van der Waals surface area contributed by atoms with Crippen LogP contribution in [0, 0.1) is 0 Å². The van der Waals surface area contributed by atoms with Gasteiger partial charge in [-0.2, -0.15) is 0 Å². The van der Waals surface area contributed by atoms with Gasteiger partial charge in [0.1, 0.15) is 5.69 Å². The van der Waals surface area contributed by atoms with E-state index in [9.17, 15) is 4.79 Å². The SMILES string of the molecule is CCn1cccc1C(=O)NCC(N)c1ccccc1. The minimum absolute atomic E-state index is 0.0850. The zero-order chi connectivity index (χ0) is 13.7. The van der Waals surface area contributed by atoms with E-state index in [1.54, 1.807) is 0 Å². The molecule has 1 aromatic carbocycles. The molecule has 0 fully saturated rings. The van der Waals surface area contributed by atoms with E-state index in [1.807, 2.05) is 60.2 Å². The van der Waals surface area contributed by atoms with Crippen molar-refractivity contribution >= 4 is 5.91 Å². The number of benzene rings is 1. The molecule has 4 nitrogen and oxygen atoms in total. The number of nitrogens with zero attached hydrogens (tertiary/aromatic N) is 1. The van der Waals surface area contributed by atoms with Crippen molar-refractivity contribution in [3.8, 4) is 0 Å². The van der Waals surface area contributed by atoms with Crippen molar-refractivity contribution in [2.75, 3.05) is 6.54 Å². The van der Waals surface area contributed by atoms with Crippen LogP contribution < -0.4 is 11.1 Å². The summed E-state index contributed by atoms with van der Waals surface area (Å²) in [4.78, 5) is 12.0. The van der Waals surface area contributed by atoms with Gasteiger partial charge in [-0.15, -0.1) is 0 Å². The Morgan fingerprint density at radius 3 is 2.68 bits per heavy atom. The fraction of sp³-hybridized carbons (Fsp3) is 0.267. The predicted molar refractivity (Wildman–Crippen MR) is 75.8 cm³/mol. The number of carbonyl (C=O) groups excluding carboxylic acids is 1. The van der Waals surface area contributed by atoms with Crippen molar-refractivity contribution in [3.05, 3.63) is 59.9 Å². The van der Waals surface area contributed by atoms with E-state index >= 15 is 0 Å². The molecular weight excluding hydrogens is 238 g/mol. The van der Waals surface area contributed by atoms with Crippen LogP contribution in [0.5, 0.6) is 0 Å². The number of nitrogens with two attached hydrogens (primary N) is 1. The first-order valence-electron chi connectivity index (χ1n) is 6.46. The lowest BCUT2D eigenvalue weighted by Crippen LogP contribution is -2.33. The molecule has 3 N–H and O–H groups in total. The van der Waals surface area contributed by atoms with Gasteiger partial charge in [0.2, 0.25) is 0 Å². The highest BCUT2D eigenvalue weighted by Crippen LogP contribution is 2.08. The van der Waals surface area contributed by atoms with E-state index in [2.05, 4.69) is 5.32 Å². The maximum atomic E-state index is 12.0. The Labute approximate surface area is 113 Å². The summed E-state index contributed by atoms with van der Waals surface area (Å²) in [5.74, 6) is -0.0850. The van der Waals surface area contributed by atoms with Crippen molar-refractivity contribution in [2.24, 2.45) is 5.73 Å². The van der Waals surface area contributed by atoms with Crippen molar-refractivity contribution in [3.63, 3.8) is 0 Å². The molecule has 0 bridgehead atoms. The monoisotopic (exact) mass is 257 g/mol. The molecule has 0 aliphatic rings. The number of nitrogens with one attached hydrogen (secondary N) is 1. The quantitative estimate of drug-likeness (QED) is 0.860. The molecule has 1 heterocycles. The minimum Gasteiger partial charge on any atom is -0.349 e. The van der Waals surface area contributed by atoms with E-state index < -0.39 is 0 Å². The Kier molecular flexibility index (Phi) is 4.36. The molecule has 0 saturated heterocycles. The van der Waals surface area contributed by atoms with Gasteiger partial charge >= 0.3 is 0 Å². The summed E-state index contributed by atoms with van der Waals surface area (Å²) in [6.07, 6.45) is 1.89. The molecule has 1 amide bonds. The standard InChI is InChI=1S/C15H19N3O/c1-2-18-10-6-9-14(18)15(19)17-11-13(16)12-7-4-3-5-8-12/h3-10,13H,2,11,16H2,1H3,(H,17,19). The Morgan fingerprint density at radius 1 is 1.26 bits per heavy atom. The lowest BCUT2D eigenvalue weighted by atomic mass is 10.1. The zero-order valence-electron chi connectivity index (χ0n) is 11.0. The van der Waals surface area contributed by atoms with Crippen LogP contribution >= 0.6 is 0 Å². The third-order valence-electron chi connectivity index (χ3n) is 3.11. The second-order valence-corrected chi connectivity index (χ2v) is 4.41. The highest BCUT2D eigenvalue weighted by molar-refractivity contribution is 5.92. The van der Waals surface area contributed by atoms with Crippen LogP contribution in [0.25, 0.3) is 0 Å². The number of aromatic nitrogens is 1. The molecule has 4 heteroatoms. The molecule has 0 aliphatic carbocycles. The average Bonchev–Trinajstić information content (AvgIpc) is 2.93. The van der Waals surface area contributed by atoms with Crippen LogP contribution in [0.4, 0.5) is 0 Å². The van der Waals surface area contributed by atoms with Gasteiger partial charge in [-0.1, -0.05) is 30.3 Å². The van der Waals surface area contributed by atoms with E-state index in [4.69, 9.17) is 5.73 Å². The van der Waals surface area contributed by atoms with E-state index in [0.717, 1.165) is 12.1 Å². The minimum atomic E-state index is -0.185. The highest BCUT2D eigenvalue weighted by Gasteiger charge is 2.12. The Bertz CT molecular complexity index is 533. The van der Waals surface area contributed by atoms with Crippen LogP contribution in [-0.2, 0) is 6.54 Å². The third-order valence-corrected chi connectivity index (χ3v) is 3.11. The molecule has 0 aliphatic heterocycles. The molecule has 1 atom stereocenters. The van der Waals surface area contributed by atoms with Gasteiger partial charge in [0.05, 0.1) is 0 Å². The number of amides is 1. The number of hydrogen-bond acceptors (Lipinski definition) is 2. The molecule has 1 aromatic heterocycles. The molecule has 0 spiro atoms. The third kappa shape index (κ3) is 3.23. The molecule has 0 saturated carbocycles. The lowest BCUT2D eigenvalue weighted by Gasteiger charge is -2.13. The van der Waals surface area contributed by atoms with Crippen LogP contribution in [-0.4, -0.2) is 17.0 Å². The van der Waals surface area contributed by atoms with Crippen molar-refractivity contribution in [2.45, 2.75) is 19.5 Å². The summed E-state index contributed by atoms with van der Waals surface area (Å²) < 4.78 is 1.91. The van der Waals surface area contributed by atoms with Crippen molar-refractivity contribution in [1.29, 1.82) is 0 Å². The maximum absolute atomic E-state index is 12.0. The second-order valence-electron chi connectivity index (χ2n) is 4.41. The maximum Gasteiger partial charge on any atom is 0.267 e. The number of hydrogen-bond donors (Lipinski definition) is 2. The molecule has 2 aromatic rings. The predicted octanol–water partition coefficient (Wildman–Crippen LogP) is 1.94. The van der Waals surface area contributed by atoms with Gasteiger partial charge in [0.15, 0.2) is 0 Å². The number of aryl methyl sites for hydroxylation is 1. The molecule has 0 radical (unpaired) electrons. The first-order valence-corrected chi connectivity index (χ1v) is 6.46. The molecule has 2 rings (SSSR count). The van der Waals surface area contributed by atoms with E-state index in [0.29, 0.717) is 12.2 Å². The summed E-state index contributed by atoms with van der Waals surface area (Å²) in [5, 5.41) is 2.87. The normalized spacial score (nSPS) is 12.1. The van der Waals surface area contributed by atoms with Crippen LogP contribution in [0.3, 0.4) is 0 Å². The van der Waals surface area contributed by atoms with Crippen molar-refractivity contribution < 1.29 is 4.79 Å². The zero-order valence-corrected chi connectivity index (χ0v) is 11.0. The molecule has 1 unspecified atom stereocenters. The Morgan fingerprint density at radius 2 is 2.00 bits per heavy atom. The summed E-state index contributed by atoms with van der Waals surface area (Å²) >= 11 is 0. The fourth-order valence-electron chi connectivity index (χ4n) is 2.01. The van der Waals surface area contributed by atoms with Gasteiger partial charge in [-0.05, 0) is 24.6 Å². The largest absolute Gasteiger partial charge is 0.349 e. The fourth-order valence-corrected chi connectivity index (χ4v) is 2.01. The highest BCUT2D eigenvalue weighted by atomic mass is 16.1. The van der Waals surface area contributed by atoms with Gasteiger partial charge in [-0.3, -0.25) is 4.79 Å². The van der Waals surface area contributed by atoms with E-state index in [-0.39, 0.29) is 11.9 Å². The number of rotatable bonds is 5. The smallest absolute Gasteiger partial charge is 0.267 e. The van der Waals surface area contributed by atoms with E-state index in [1.165, 1.54) is 0 Å². The van der Waals surface area contributed by atoms with Crippen LogP contribution in [0.2, 0.25) is 0 Å². The summed E-state index contributed by atoms with van der Waals surface area (Å²) in [5.41, 5.74) is 7.74. The van der Waals surface area contributed by atoms with Gasteiger partial charge in [-0.25, -0.2) is 0 Å². The lowest BCUT2D eigenvalue weighted by molar-refractivity contribution is 0.0942. The summed E-state index contributed by atoms with van der Waals surface area (Å²) in [7, 11) is 0. The topological polar surface area (TPSA) is 60.0 Å². The number of carbonyl (C=O) groups is 1. The first kappa shape index (κ1) is 13.4. The van der Waals surface area contributed by atoms with Gasteiger partial charge in [0.25, 0.3) is 5.91 Å². The molecule has 100 valence electrons. The van der Waals surface area contributed by atoms with Crippen molar-refractivity contribution in [1.82, 2.24) is 9.88 Å². The first-order chi connectivity index (χ1) is 9.22. The summed E-state index contributed by atoms with van der Waals surface area (Å²) in [6.45, 7) is 3.21. The van der Waals surface area contributed by atoms with Crippen LogP contribution in [0.15, 0.2) is 48.7 Å². The second kappa shape index (κ2) is 6.20. The molecular formula is C15H19N3O. The Hall–Kier alpha value is -2.07.